The van der Waals surface area contributed by atoms with Crippen LogP contribution in [0.3, 0.4) is 0 Å². The van der Waals surface area contributed by atoms with Gasteiger partial charge in [0, 0.05) is 25.0 Å². The molecule has 2 amide bonds. The fourth-order valence-electron chi connectivity index (χ4n) is 3.35. The fourth-order valence-corrected chi connectivity index (χ4v) is 3.35. The minimum atomic E-state index is -0.701. The molecular formula is C21H25FN6O3. The van der Waals surface area contributed by atoms with Crippen molar-refractivity contribution in [2.24, 2.45) is 17.6 Å². The molecule has 3 rings (SSSR count). The molecule has 9 nitrogen and oxygen atoms in total. The second kappa shape index (κ2) is 9.47. The zero-order chi connectivity index (χ0) is 22.5. The number of amides is 2. The van der Waals surface area contributed by atoms with Crippen molar-refractivity contribution in [1.82, 2.24) is 14.7 Å². The first-order chi connectivity index (χ1) is 14.8. The van der Waals surface area contributed by atoms with Crippen LogP contribution >= 0.6 is 0 Å². The number of aromatic nitrogens is 2. The number of carbonyl (C=O) groups excluding carboxylic acids is 2. The molecule has 0 radical (unpaired) electrons. The van der Waals surface area contributed by atoms with Gasteiger partial charge in [-0.3, -0.25) is 9.48 Å². The van der Waals surface area contributed by atoms with E-state index < -0.39 is 29.8 Å². The Kier molecular flexibility index (Phi) is 6.74. The molecule has 0 saturated carbocycles. The van der Waals surface area contributed by atoms with E-state index in [1.807, 2.05) is 13.8 Å². The molecule has 2 heterocycles. The van der Waals surface area contributed by atoms with E-state index in [2.05, 4.69) is 16.5 Å². The Bertz CT molecular complexity index is 982. The quantitative estimate of drug-likeness (QED) is 0.728. The smallest absolute Gasteiger partial charge is 0.409 e. The number of benzene rings is 1. The molecule has 10 heteroatoms. The number of nitrogens with one attached hydrogen (secondary N) is 1. The van der Waals surface area contributed by atoms with Crippen LogP contribution in [0.4, 0.5) is 20.7 Å². The highest BCUT2D eigenvalue weighted by Gasteiger charge is 2.35. The van der Waals surface area contributed by atoms with Gasteiger partial charge in [0.2, 0.25) is 0 Å². The molecule has 2 atom stereocenters. The van der Waals surface area contributed by atoms with Crippen molar-refractivity contribution in [1.29, 1.82) is 5.26 Å². The zero-order valence-electron chi connectivity index (χ0n) is 17.4. The normalized spacial score (nSPS) is 18.5. The molecule has 0 unspecified atom stereocenters. The van der Waals surface area contributed by atoms with Crippen LogP contribution in [-0.4, -0.2) is 46.4 Å². The lowest BCUT2D eigenvalue weighted by molar-refractivity contribution is 0.0688. The largest absolute Gasteiger partial charge is 0.449 e. The van der Waals surface area contributed by atoms with Crippen LogP contribution in [0.5, 0.6) is 0 Å². The third-order valence-electron chi connectivity index (χ3n) is 4.99. The summed E-state index contributed by atoms with van der Waals surface area (Å²) in [7, 11) is 0. The van der Waals surface area contributed by atoms with Crippen molar-refractivity contribution in [2.75, 3.05) is 25.0 Å². The van der Waals surface area contributed by atoms with Crippen molar-refractivity contribution in [3.63, 3.8) is 0 Å². The van der Waals surface area contributed by atoms with Gasteiger partial charge >= 0.3 is 6.09 Å². The lowest BCUT2D eigenvalue weighted by Crippen LogP contribution is -2.45. The Labute approximate surface area is 179 Å². The van der Waals surface area contributed by atoms with Gasteiger partial charge in [0.15, 0.2) is 5.82 Å². The Hall–Kier alpha value is -3.61. The zero-order valence-corrected chi connectivity index (χ0v) is 17.4. The summed E-state index contributed by atoms with van der Waals surface area (Å²) >= 11 is 0. The van der Waals surface area contributed by atoms with E-state index in [-0.39, 0.29) is 23.8 Å². The number of likely N-dealkylation sites (tertiary alicyclic amines) is 1. The monoisotopic (exact) mass is 428 g/mol. The van der Waals surface area contributed by atoms with Crippen LogP contribution in [0.15, 0.2) is 30.5 Å². The second-order valence-corrected chi connectivity index (χ2v) is 7.88. The van der Waals surface area contributed by atoms with Crippen LogP contribution in [0.2, 0.25) is 0 Å². The van der Waals surface area contributed by atoms with Gasteiger partial charge in [-0.1, -0.05) is 13.8 Å². The maximum absolute atomic E-state index is 13.2. The summed E-state index contributed by atoms with van der Waals surface area (Å²) in [6.45, 7) is 4.81. The summed E-state index contributed by atoms with van der Waals surface area (Å²) in [6.07, 6.45) is 1.47. The number of halogens is 1. The average molecular weight is 428 g/mol. The van der Waals surface area contributed by atoms with E-state index in [0.29, 0.717) is 25.3 Å². The molecule has 1 fully saturated rings. The number of ether oxygens (including phenoxy) is 1. The lowest BCUT2D eigenvalue weighted by Gasteiger charge is -2.35. The first-order valence-corrected chi connectivity index (χ1v) is 10.0. The molecule has 2 aromatic rings. The van der Waals surface area contributed by atoms with Gasteiger partial charge in [0.1, 0.15) is 11.4 Å². The predicted molar refractivity (Wildman–Crippen MR) is 111 cm³/mol. The molecule has 1 aliphatic rings. The highest BCUT2D eigenvalue weighted by molar-refractivity contribution is 5.98. The first-order valence-electron chi connectivity index (χ1n) is 10.0. The van der Waals surface area contributed by atoms with Crippen LogP contribution in [-0.2, 0) is 4.74 Å². The topological polar surface area (TPSA) is 126 Å². The maximum atomic E-state index is 13.2. The fraction of sp³-hybridized carbons (Fsp3) is 0.429. The average Bonchev–Trinajstić information content (AvgIpc) is 3.17. The Morgan fingerprint density at radius 1 is 1.39 bits per heavy atom. The first kappa shape index (κ1) is 22.1. The SMILES string of the molecule is CC(C)COC(=O)N1CC[C@H](C#N)[C@@H](n2cc(C(N)=O)c(Nc3ccc(F)cc3)n2)C1. The molecule has 0 aliphatic carbocycles. The molecule has 1 aromatic carbocycles. The highest BCUT2D eigenvalue weighted by atomic mass is 19.1. The van der Waals surface area contributed by atoms with E-state index >= 15 is 0 Å². The minimum absolute atomic E-state index is 0.125. The highest BCUT2D eigenvalue weighted by Crippen LogP contribution is 2.30. The number of carbonyl (C=O) groups is 2. The number of anilines is 2. The van der Waals surface area contributed by atoms with Crippen molar-refractivity contribution in [3.05, 3.63) is 41.8 Å². The van der Waals surface area contributed by atoms with Crippen LogP contribution in [0.25, 0.3) is 0 Å². The summed E-state index contributed by atoms with van der Waals surface area (Å²) in [5.74, 6) is -1.10. The standard InChI is InChI=1S/C21H25FN6O3/c1-13(2)12-31-21(30)27-8-7-14(9-23)18(11-27)28-10-17(19(24)29)20(26-28)25-16-5-3-15(22)4-6-16/h3-6,10,13-14,18H,7-8,11-12H2,1-2H3,(H2,24,29)(H,25,26)/t14-,18+/m1/s1. The molecule has 31 heavy (non-hydrogen) atoms. The van der Waals surface area contributed by atoms with Crippen molar-refractivity contribution in [2.45, 2.75) is 26.3 Å². The Morgan fingerprint density at radius 2 is 2.10 bits per heavy atom. The molecule has 1 aliphatic heterocycles. The molecule has 0 spiro atoms. The van der Waals surface area contributed by atoms with E-state index in [9.17, 15) is 19.2 Å². The second-order valence-electron chi connectivity index (χ2n) is 7.88. The summed E-state index contributed by atoms with van der Waals surface area (Å²) in [6, 6.07) is 7.34. The van der Waals surface area contributed by atoms with Gasteiger partial charge in [-0.25, -0.2) is 9.18 Å². The number of nitrogens with zero attached hydrogens (tertiary/aromatic N) is 4. The summed E-state index contributed by atoms with van der Waals surface area (Å²) < 4.78 is 20.0. The van der Waals surface area contributed by atoms with Gasteiger partial charge in [0.25, 0.3) is 5.91 Å². The predicted octanol–water partition coefficient (Wildman–Crippen LogP) is 3.04. The molecular weight excluding hydrogens is 403 g/mol. The van der Waals surface area contributed by atoms with Gasteiger partial charge in [-0.15, -0.1) is 0 Å². The van der Waals surface area contributed by atoms with Gasteiger partial charge in [-0.2, -0.15) is 10.4 Å². The van der Waals surface area contributed by atoms with Crippen molar-refractivity contribution in [3.8, 4) is 6.07 Å². The number of hydrogen-bond donors (Lipinski definition) is 2. The van der Waals surface area contributed by atoms with E-state index in [4.69, 9.17) is 10.5 Å². The van der Waals surface area contributed by atoms with E-state index in [1.54, 1.807) is 4.90 Å². The maximum Gasteiger partial charge on any atom is 0.409 e. The number of piperidine rings is 1. The molecule has 0 bridgehead atoms. The third-order valence-corrected chi connectivity index (χ3v) is 4.99. The molecule has 164 valence electrons. The number of hydrogen-bond acceptors (Lipinski definition) is 6. The summed E-state index contributed by atoms with van der Waals surface area (Å²) in [5, 5.41) is 17.0. The Morgan fingerprint density at radius 3 is 2.71 bits per heavy atom. The van der Waals surface area contributed by atoms with Crippen LogP contribution in [0.1, 0.15) is 36.7 Å². The summed E-state index contributed by atoms with van der Waals surface area (Å²) in [4.78, 5) is 25.9. The Balaban J connectivity index is 1.84. The van der Waals surface area contributed by atoms with Gasteiger partial charge in [-0.05, 0) is 36.6 Å². The molecule has 3 N–H and O–H groups in total. The number of nitriles is 1. The number of rotatable bonds is 6. The summed E-state index contributed by atoms with van der Waals surface area (Å²) in [5.41, 5.74) is 6.15. The number of primary amides is 1. The van der Waals surface area contributed by atoms with Crippen LogP contribution in [0, 0.1) is 29.0 Å². The number of nitrogens with two attached hydrogens (primary N) is 1. The van der Waals surface area contributed by atoms with Gasteiger partial charge in [0.05, 0.1) is 24.6 Å². The van der Waals surface area contributed by atoms with E-state index in [1.165, 1.54) is 35.1 Å². The van der Waals surface area contributed by atoms with Crippen molar-refractivity contribution >= 4 is 23.5 Å². The minimum Gasteiger partial charge on any atom is -0.449 e. The van der Waals surface area contributed by atoms with Crippen LogP contribution < -0.4 is 11.1 Å². The van der Waals surface area contributed by atoms with Gasteiger partial charge < -0.3 is 20.7 Å². The van der Waals surface area contributed by atoms with E-state index in [0.717, 1.165) is 0 Å². The lowest BCUT2D eigenvalue weighted by atomic mass is 9.93. The molecule has 1 aromatic heterocycles. The molecule has 1 saturated heterocycles. The third kappa shape index (κ3) is 5.31. The van der Waals surface area contributed by atoms with Crippen molar-refractivity contribution < 1.29 is 18.7 Å².